The Labute approximate surface area is 370 Å². The third kappa shape index (κ3) is 45.9. The minimum Gasteiger partial charge on any atom is -0.462 e. The first-order chi connectivity index (χ1) is 29.5. The van der Waals surface area contributed by atoms with Gasteiger partial charge in [-0.3, -0.25) is 14.4 Å². The molecule has 60 heavy (non-hydrogen) atoms. The largest absolute Gasteiger partial charge is 0.462 e. The first-order valence-corrected chi connectivity index (χ1v) is 24.9. The number of unbranched alkanes of at least 4 members (excludes halogenated alkanes) is 21. The molecule has 0 spiro atoms. The number of carbonyl (C=O) groups excluding carboxylic acids is 3. The van der Waals surface area contributed by atoms with E-state index in [-0.39, 0.29) is 31.1 Å². The van der Waals surface area contributed by atoms with Crippen molar-refractivity contribution in [2.24, 2.45) is 0 Å². The number of allylic oxidation sites excluding steroid dienone is 12. The van der Waals surface area contributed by atoms with Crippen molar-refractivity contribution in [3.05, 3.63) is 72.9 Å². The number of ether oxygens (including phenoxy) is 3. The van der Waals surface area contributed by atoms with Gasteiger partial charge in [0.15, 0.2) is 6.10 Å². The Balaban J connectivity index is 4.47. The summed E-state index contributed by atoms with van der Waals surface area (Å²) in [5.41, 5.74) is 0. The molecule has 0 heterocycles. The third-order valence-electron chi connectivity index (χ3n) is 10.4. The summed E-state index contributed by atoms with van der Waals surface area (Å²) in [7, 11) is 0. The lowest BCUT2D eigenvalue weighted by atomic mass is 10.1. The van der Waals surface area contributed by atoms with Gasteiger partial charge in [-0.15, -0.1) is 0 Å². The van der Waals surface area contributed by atoms with Gasteiger partial charge in [0.2, 0.25) is 0 Å². The summed E-state index contributed by atoms with van der Waals surface area (Å²) >= 11 is 0. The lowest BCUT2D eigenvalue weighted by Crippen LogP contribution is -2.30. The van der Waals surface area contributed by atoms with Crippen molar-refractivity contribution in [1.82, 2.24) is 0 Å². The lowest BCUT2D eigenvalue weighted by Gasteiger charge is -2.18. The van der Waals surface area contributed by atoms with Crippen LogP contribution < -0.4 is 0 Å². The van der Waals surface area contributed by atoms with Gasteiger partial charge in [0.05, 0.1) is 0 Å². The van der Waals surface area contributed by atoms with Crippen molar-refractivity contribution < 1.29 is 28.6 Å². The summed E-state index contributed by atoms with van der Waals surface area (Å²) in [4.78, 5) is 37.9. The molecule has 0 aromatic heterocycles. The van der Waals surface area contributed by atoms with Gasteiger partial charge in [0.1, 0.15) is 13.2 Å². The Morgan fingerprint density at radius 1 is 0.350 bits per heavy atom. The van der Waals surface area contributed by atoms with Crippen LogP contribution in [0, 0.1) is 0 Å². The van der Waals surface area contributed by atoms with E-state index in [4.69, 9.17) is 14.2 Å². The number of carbonyl (C=O) groups is 3. The molecule has 0 amide bonds. The molecule has 0 saturated heterocycles. The van der Waals surface area contributed by atoms with Crippen LogP contribution in [0.5, 0.6) is 0 Å². The molecule has 0 aromatic carbocycles. The highest BCUT2D eigenvalue weighted by atomic mass is 16.6. The molecule has 0 aromatic rings. The van der Waals surface area contributed by atoms with E-state index in [0.717, 1.165) is 109 Å². The molecule has 0 saturated carbocycles. The molecule has 0 bridgehead atoms. The van der Waals surface area contributed by atoms with Crippen molar-refractivity contribution in [3.63, 3.8) is 0 Å². The van der Waals surface area contributed by atoms with Gasteiger partial charge in [0, 0.05) is 19.3 Å². The van der Waals surface area contributed by atoms with Crippen LogP contribution in [0.2, 0.25) is 0 Å². The van der Waals surface area contributed by atoms with Gasteiger partial charge >= 0.3 is 17.9 Å². The first-order valence-electron chi connectivity index (χ1n) is 24.9. The zero-order valence-electron chi connectivity index (χ0n) is 39.2. The lowest BCUT2D eigenvalue weighted by molar-refractivity contribution is -0.167. The average molecular weight is 837 g/mol. The number of rotatable bonds is 44. The van der Waals surface area contributed by atoms with E-state index in [1.165, 1.54) is 83.5 Å². The zero-order valence-corrected chi connectivity index (χ0v) is 39.2. The van der Waals surface area contributed by atoms with Crippen molar-refractivity contribution in [3.8, 4) is 0 Å². The van der Waals surface area contributed by atoms with Crippen LogP contribution in [-0.2, 0) is 28.6 Å². The summed E-state index contributed by atoms with van der Waals surface area (Å²) in [6, 6.07) is 0. The third-order valence-corrected chi connectivity index (χ3v) is 10.4. The van der Waals surface area contributed by atoms with E-state index in [0.29, 0.717) is 19.3 Å². The van der Waals surface area contributed by atoms with Crippen molar-refractivity contribution in [1.29, 1.82) is 0 Å². The van der Waals surface area contributed by atoms with E-state index in [1.54, 1.807) is 0 Å². The Kier molecular flexibility index (Phi) is 46.0. The van der Waals surface area contributed by atoms with Gasteiger partial charge in [-0.05, 0) is 109 Å². The van der Waals surface area contributed by atoms with Gasteiger partial charge in [-0.2, -0.15) is 0 Å². The Morgan fingerprint density at radius 2 is 0.650 bits per heavy atom. The van der Waals surface area contributed by atoms with Gasteiger partial charge in [-0.1, -0.05) is 177 Å². The van der Waals surface area contributed by atoms with Crippen LogP contribution in [0.15, 0.2) is 72.9 Å². The highest BCUT2D eigenvalue weighted by Gasteiger charge is 2.19. The fourth-order valence-electron chi connectivity index (χ4n) is 6.66. The van der Waals surface area contributed by atoms with Crippen LogP contribution in [0.1, 0.15) is 233 Å². The zero-order chi connectivity index (χ0) is 43.7. The van der Waals surface area contributed by atoms with Crippen LogP contribution >= 0.6 is 0 Å². The first kappa shape index (κ1) is 56.9. The molecule has 6 heteroatoms. The van der Waals surface area contributed by atoms with Crippen LogP contribution in [0.4, 0.5) is 0 Å². The van der Waals surface area contributed by atoms with Crippen LogP contribution in [0.3, 0.4) is 0 Å². The maximum Gasteiger partial charge on any atom is 0.306 e. The summed E-state index contributed by atoms with van der Waals surface area (Å²) < 4.78 is 16.7. The normalized spacial score (nSPS) is 12.7. The quantitative estimate of drug-likeness (QED) is 0.0263. The van der Waals surface area contributed by atoms with Gasteiger partial charge < -0.3 is 14.2 Å². The molecule has 0 radical (unpaired) electrons. The smallest absolute Gasteiger partial charge is 0.306 e. The molecular formula is C54H92O6. The molecule has 344 valence electrons. The molecule has 0 N–H and O–H groups in total. The number of hydrogen-bond acceptors (Lipinski definition) is 6. The maximum absolute atomic E-state index is 12.8. The molecule has 0 aliphatic carbocycles. The maximum atomic E-state index is 12.8. The minimum absolute atomic E-state index is 0.0964. The monoisotopic (exact) mass is 837 g/mol. The molecule has 6 nitrogen and oxygen atoms in total. The Hall–Kier alpha value is -3.15. The fourth-order valence-corrected chi connectivity index (χ4v) is 6.66. The predicted molar refractivity (Wildman–Crippen MR) is 256 cm³/mol. The fraction of sp³-hybridized carbons (Fsp3) is 0.722. The van der Waals surface area contributed by atoms with Crippen LogP contribution in [-0.4, -0.2) is 37.2 Å². The summed E-state index contributed by atoms with van der Waals surface area (Å²) in [6.07, 6.45) is 60.2. The van der Waals surface area contributed by atoms with E-state index in [2.05, 4.69) is 93.7 Å². The SMILES string of the molecule is CC/C=C\C/C=C\C/C=C\C/C=C\CCCCCC(=O)OCC(COC(=O)CCCCCCC/C=C\CCCCC)OC(=O)CCCCC/C=C\CCCCCCCCC. The standard InChI is InChI=1S/C54H92O6/c1-4-7-10-13-16-19-22-25-27-28-30-32-35-38-41-44-47-53(56)59-50-51(49-58-52(55)46-43-40-37-34-31-24-21-18-15-12-9-6-3)60-54(57)48-45-42-39-36-33-29-26-23-20-17-14-11-8-5-2/h7,10,16,18-19,21,25,27,29-30,32-33,51H,4-6,8-9,11-15,17,20,22-24,26,28,31,34-50H2,1-3H3/b10-7-,19-16-,21-18-,27-25-,32-30-,33-29-. The summed E-state index contributed by atoms with van der Waals surface area (Å²) in [5, 5.41) is 0. The number of esters is 3. The van der Waals surface area contributed by atoms with E-state index >= 15 is 0 Å². The Bertz CT molecular complexity index is 1140. The molecule has 0 aliphatic heterocycles. The molecule has 0 rings (SSSR count). The van der Waals surface area contributed by atoms with Crippen molar-refractivity contribution in [2.75, 3.05) is 13.2 Å². The van der Waals surface area contributed by atoms with Gasteiger partial charge in [-0.25, -0.2) is 0 Å². The second kappa shape index (κ2) is 48.5. The molecule has 0 fully saturated rings. The van der Waals surface area contributed by atoms with E-state index in [1.807, 2.05) is 0 Å². The topological polar surface area (TPSA) is 78.9 Å². The molecule has 1 atom stereocenters. The number of hydrogen-bond donors (Lipinski definition) is 0. The highest BCUT2D eigenvalue weighted by molar-refractivity contribution is 5.71. The van der Waals surface area contributed by atoms with Crippen molar-refractivity contribution >= 4 is 17.9 Å². The molecule has 1 unspecified atom stereocenters. The summed E-state index contributed by atoms with van der Waals surface area (Å²) in [5.74, 6) is -0.954. The highest BCUT2D eigenvalue weighted by Crippen LogP contribution is 2.13. The minimum atomic E-state index is -0.798. The summed E-state index contributed by atoms with van der Waals surface area (Å²) in [6.45, 7) is 6.44. The van der Waals surface area contributed by atoms with Gasteiger partial charge in [0.25, 0.3) is 0 Å². The van der Waals surface area contributed by atoms with E-state index < -0.39 is 6.10 Å². The predicted octanol–water partition coefficient (Wildman–Crippen LogP) is 16.3. The Morgan fingerprint density at radius 3 is 1.08 bits per heavy atom. The second-order valence-electron chi connectivity index (χ2n) is 16.3. The second-order valence-corrected chi connectivity index (χ2v) is 16.3. The average Bonchev–Trinajstić information content (AvgIpc) is 3.24. The van der Waals surface area contributed by atoms with Crippen molar-refractivity contribution in [2.45, 2.75) is 239 Å². The van der Waals surface area contributed by atoms with E-state index in [9.17, 15) is 14.4 Å². The van der Waals surface area contributed by atoms with Crippen LogP contribution in [0.25, 0.3) is 0 Å². The molecular weight excluding hydrogens is 745 g/mol. The molecule has 0 aliphatic rings.